The van der Waals surface area contributed by atoms with Crippen LogP contribution in [0.15, 0.2) is 30.5 Å². The van der Waals surface area contributed by atoms with Crippen LogP contribution in [0, 0.1) is 31.1 Å². The summed E-state index contributed by atoms with van der Waals surface area (Å²) in [4.78, 5) is 8.95. The fourth-order valence-corrected chi connectivity index (χ4v) is 3.30. The Morgan fingerprint density at radius 2 is 2.17 bits per heavy atom. The van der Waals surface area contributed by atoms with Crippen molar-refractivity contribution >= 4 is 5.82 Å². The van der Waals surface area contributed by atoms with Gasteiger partial charge in [0.15, 0.2) is 0 Å². The smallest absolute Gasteiger partial charge is 0.126 e. The molecule has 2 N–H and O–H groups in total. The number of aliphatic hydroxyl groups excluding tert-OH is 1. The van der Waals surface area contributed by atoms with Crippen LogP contribution in [0.1, 0.15) is 35.4 Å². The van der Waals surface area contributed by atoms with Crippen LogP contribution in [0.4, 0.5) is 5.82 Å². The first-order chi connectivity index (χ1) is 11.6. The van der Waals surface area contributed by atoms with Crippen molar-refractivity contribution in [1.82, 2.24) is 9.97 Å². The molecule has 0 radical (unpaired) electrons. The van der Waals surface area contributed by atoms with Gasteiger partial charge in [0.05, 0.1) is 17.4 Å². The largest absolute Gasteiger partial charge is 0.393 e. The number of aliphatic hydroxyl groups is 1. The van der Waals surface area contributed by atoms with Gasteiger partial charge in [-0.15, -0.1) is 0 Å². The van der Waals surface area contributed by atoms with Gasteiger partial charge in [0.2, 0.25) is 0 Å². The van der Waals surface area contributed by atoms with E-state index in [-0.39, 0.29) is 12.1 Å². The average Bonchev–Trinajstić information content (AvgIpc) is 2.52. The van der Waals surface area contributed by atoms with Gasteiger partial charge in [-0.3, -0.25) is 4.98 Å². The van der Waals surface area contributed by atoms with Crippen LogP contribution in [0.2, 0.25) is 0 Å². The Hall–Kier alpha value is -2.45. The molecule has 2 aromatic heterocycles. The number of rotatable bonds is 5. The van der Waals surface area contributed by atoms with Gasteiger partial charge in [-0.2, -0.15) is 5.26 Å². The molecule has 1 fully saturated rings. The van der Waals surface area contributed by atoms with Gasteiger partial charge in [-0.1, -0.05) is 6.07 Å². The molecular weight excluding hydrogens is 300 g/mol. The van der Waals surface area contributed by atoms with Gasteiger partial charge in [0.25, 0.3) is 0 Å². The number of pyridine rings is 2. The maximum Gasteiger partial charge on any atom is 0.126 e. The predicted octanol–water partition coefficient (Wildman–Crippen LogP) is 2.76. The van der Waals surface area contributed by atoms with Crippen LogP contribution >= 0.6 is 0 Å². The highest BCUT2D eigenvalue weighted by molar-refractivity contribution is 5.49. The lowest BCUT2D eigenvalue weighted by atomic mass is 9.76. The van der Waals surface area contributed by atoms with Crippen molar-refractivity contribution in [3.05, 3.63) is 53.0 Å². The summed E-state index contributed by atoms with van der Waals surface area (Å²) < 4.78 is 0. The quantitative estimate of drug-likeness (QED) is 0.884. The molecule has 1 saturated carbocycles. The molecule has 0 aliphatic heterocycles. The highest BCUT2D eigenvalue weighted by Gasteiger charge is 2.34. The van der Waals surface area contributed by atoms with Crippen molar-refractivity contribution < 1.29 is 5.11 Å². The normalized spacial score (nSPS) is 20.8. The Kier molecular flexibility index (Phi) is 4.77. The van der Waals surface area contributed by atoms with E-state index in [4.69, 9.17) is 0 Å². The molecule has 5 nitrogen and oxygen atoms in total. The Labute approximate surface area is 142 Å². The zero-order chi connectivity index (χ0) is 17.1. The summed E-state index contributed by atoms with van der Waals surface area (Å²) in [5, 5.41) is 22.4. The Morgan fingerprint density at radius 1 is 1.38 bits per heavy atom. The van der Waals surface area contributed by atoms with Gasteiger partial charge < -0.3 is 10.4 Å². The summed E-state index contributed by atoms with van der Waals surface area (Å²) in [5.74, 6) is 1.19. The summed E-state index contributed by atoms with van der Waals surface area (Å²) in [6.45, 7) is 3.79. The molecule has 124 valence electrons. The summed E-state index contributed by atoms with van der Waals surface area (Å²) in [6.07, 6.45) is 4.01. The number of aromatic nitrogens is 2. The number of nitriles is 1. The number of hydrogen-bond donors (Lipinski definition) is 2. The standard InChI is InChI=1S/C19H22N4O/c1-12-7-19(22-13(2)17(12)11-20)23-18(14-8-16(24)9-14)10-15-5-3-4-6-21-15/h3-7,14,16,18,24H,8-10H2,1-2H3,(H,22,23)/t14?,16?,18-/m1/s1. The van der Waals surface area contributed by atoms with Crippen molar-refractivity contribution in [2.45, 2.75) is 45.3 Å². The first-order valence-electron chi connectivity index (χ1n) is 8.29. The third-order valence-corrected chi connectivity index (χ3v) is 4.72. The monoisotopic (exact) mass is 322 g/mol. The van der Waals surface area contributed by atoms with E-state index in [0.29, 0.717) is 11.5 Å². The fraction of sp³-hybridized carbons (Fsp3) is 0.421. The lowest BCUT2D eigenvalue weighted by molar-refractivity contribution is 0.0340. The van der Waals surface area contributed by atoms with Crippen molar-refractivity contribution in [2.75, 3.05) is 5.32 Å². The second-order valence-corrected chi connectivity index (χ2v) is 6.56. The number of nitrogens with one attached hydrogen (secondary N) is 1. The summed E-state index contributed by atoms with van der Waals surface area (Å²) in [6, 6.07) is 10.2. The zero-order valence-electron chi connectivity index (χ0n) is 14.0. The van der Waals surface area contributed by atoms with E-state index in [9.17, 15) is 10.4 Å². The first-order valence-corrected chi connectivity index (χ1v) is 8.29. The van der Waals surface area contributed by atoms with Gasteiger partial charge in [-0.05, 0) is 56.4 Å². The van der Waals surface area contributed by atoms with Crippen LogP contribution in [0.3, 0.4) is 0 Å². The van der Waals surface area contributed by atoms with E-state index in [2.05, 4.69) is 21.4 Å². The van der Waals surface area contributed by atoms with Gasteiger partial charge in [0.1, 0.15) is 11.9 Å². The van der Waals surface area contributed by atoms with E-state index >= 15 is 0 Å². The van der Waals surface area contributed by atoms with Gasteiger partial charge in [0, 0.05) is 24.4 Å². The second kappa shape index (κ2) is 6.98. The van der Waals surface area contributed by atoms with Crippen LogP contribution < -0.4 is 5.32 Å². The minimum absolute atomic E-state index is 0.169. The number of nitrogens with zero attached hydrogens (tertiary/aromatic N) is 3. The minimum Gasteiger partial charge on any atom is -0.393 e. The molecule has 3 rings (SSSR count). The van der Waals surface area contributed by atoms with E-state index in [0.717, 1.165) is 42.0 Å². The molecule has 2 aromatic rings. The molecule has 2 heterocycles. The van der Waals surface area contributed by atoms with Crippen molar-refractivity contribution in [2.24, 2.45) is 5.92 Å². The van der Waals surface area contributed by atoms with Crippen molar-refractivity contribution in [3.63, 3.8) is 0 Å². The molecule has 0 unspecified atom stereocenters. The topological polar surface area (TPSA) is 81.8 Å². The second-order valence-electron chi connectivity index (χ2n) is 6.56. The fourth-order valence-electron chi connectivity index (χ4n) is 3.30. The third kappa shape index (κ3) is 3.55. The van der Waals surface area contributed by atoms with Crippen molar-refractivity contribution in [3.8, 4) is 6.07 Å². The summed E-state index contributed by atoms with van der Waals surface area (Å²) >= 11 is 0. The third-order valence-electron chi connectivity index (χ3n) is 4.72. The molecule has 1 aliphatic rings. The SMILES string of the molecule is Cc1cc(N[C@H](Cc2ccccn2)C2CC(O)C2)nc(C)c1C#N. The Bertz CT molecular complexity index is 725. The molecule has 0 bridgehead atoms. The van der Waals surface area contributed by atoms with Crippen LogP contribution in [-0.2, 0) is 6.42 Å². The van der Waals surface area contributed by atoms with E-state index in [1.54, 1.807) is 6.20 Å². The first kappa shape index (κ1) is 16.4. The Morgan fingerprint density at radius 3 is 2.75 bits per heavy atom. The molecule has 0 aromatic carbocycles. The lowest BCUT2D eigenvalue weighted by Gasteiger charge is -2.38. The zero-order valence-corrected chi connectivity index (χ0v) is 14.0. The maximum absolute atomic E-state index is 9.66. The Balaban J connectivity index is 1.80. The van der Waals surface area contributed by atoms with Crippen LogP contribution in [0.25, 0.3) is 0 Å². The van der Waals surface area contributed by atoms with E-state index in [1.165, 1.54) is 0 Å². The molecular formula is C19H22N4O. The number of anilines is 1. The number of aryl methyl sites for hydroxylation is 2. The molecule has 5 heteroatoms. The minimum atomic E-state index is -0.194. The maximum atomic E-state index is 9.66. The molecule has 0 amide bonds. The molecule has 24 heavy (non-hydrogen) atoms. The lowest BCUT2D eigenvalue weighted by Crippen LogP contribution is -2.42. The van der Waals surface area contributed by atoms with Gasteiger partial charge in [-0.25, -0.2) is 4.98 Å². The van der Waals surface area contributed by atoms with E-state index in [1.807, 2.05) is 38.1 Å². The average molecular weight is 322 g/mol. The van der Waals surface area contributed by atoms with E-state index < -0.39 is 0 Å². The molecule has 1 atom stereocenters. The highest BCUT2D eigenvalue weighted by Crippen LogP contribution is 2.33. The van der Waals surface area contributed by atoms with Gasteiger partial charge >= 0.3 is 0 Å². The predicted molar refractivity (Wildman–Crippen MR) is 92.5 cm³/mol. The van der Waals surface area contributed by atoms with Crippen LogP contribution in [0.5, 0.6) is 0 Å². The van der Waals surface area contributed by atoms with Crippen molar-refractivity contribution in [1.29, 1.82) is 5.26 Å². The van der Waals surface area contributed by atoms with Crippen LogP contribution in [-0.4, -0.2) is 27.2 Å². The highest BCUT2D eigenvalue weighted by atomic mass is 16.3. The summed E-state index contributed by atoms with van der Waals surface area (Å²) in [7, 11) is 0. The molecule has 0 saturated heterocycles. The molecule has 0 spiro atoms. The number of hydrogen-bond acceptors (Lipinski definition) is 5. The summed E-state index contributed by atoms with van der Waals surface area (Å²) in [5.41, 5.74) is 3.34. The molecule has 1 aliphatic carbocycles.